The van der Waals surface area contributed by atoms with E-state index in [0.29, 0.717) is 0 Å². The number of aliphatic hydroxyl groups excluding tert-OH is 1. The van der Waals surface area contributed by atoms with E-state index in [1.165, 1.54) is 10.3 Å². The van der Waals surface area contributed by atoms with Crippen molar-refractivity contribution in [2.75, 3.05) is 6.61 Å². The number of fused-ring (bicyclic) bond motifs is 1. The van der Waals surface area contributed by atoms with Gasteiger partial charge in [0.1, 0.15) is 0 Å². The maximum absolute atomic E-state index is 9.61. The van der Waals surface area contributed by atoms with Crippen LogP contribution < -0.4 is 3.91 Å². The van der Waals surface area contributed by atoms with Crippen LogP contribution in [-0.2, 0) is 0 Å². The molecule has 1 atom stereocenters. The third-order valence-electron chi connectivity index (χ3n) is 2.85. The van der Waals surface area contributed by atoms with E-state index in [1.807, 2.05) is 36.4 Å². The molecule has 1 aromatic heterocycles. The first-order valence-corrected chi connectivity index (χ1v) is 8.71. The molecule has 0 aliphatic heterocycles. The standard InChI is InChI=1S/C15H13NOSSe/c17-10-14(11-6-2-1-3-7-11)19-15-16-12-8-4-5-9-13(12)18-15/h1-9,14,17H,10H2. The van der Waals surface area contributed by atoms with Crippen LogP contribution in [0, 0.1) is 0 Å². The van der Waals surface area contributed by atoms with Crippen molar-refractivity contribution in [2.24, 2.45) is 0 Å². The Morgan fingerprint density at radius 3 is 2.53 bits per heavy atom. The molecule has 19 heavy (non-hydrogen) atoms. The second-order valence-electron chi connectivity index (χ2n) is 4.15. The zero-order valence-electron chi connectivity index (χ0n) is 10.2. The van der Waals surface area contributed by atoms with E-state index in [-0.39, 0.29) is 26.4 Å². The number of aromatic nitrogens is 1. The summed E-state index contributed by atoms with van der Waals surface area (Å²) in [7, 11) is 0. The second-order valence-corrected chi connectivity index (χ2v) is 8.26. The number of hydrogen-bond acceptors (Lipinski definition) is 3. The molecular weight excluding hydrogens is 321 g/mol. The number of hydrogen-bond donors (Lipinski definition) is 1. The van der Waals surface area contributed by atoms with Crippen molar-refractivity contribution in [3.8, 4) is 0 Å². The Bertz CT molecular complexity index is 635. The van der Waals surface area contributed by atoms with Crippen LogP contribution in [0.3, 0.4) is 0 Å². The van der Waals surface area contributed by atoms with Gasteiger partial charge >= 0.3 is 122 Å². The van der Waals surface area contributed by atoms with Crippen LogP contribution in [0.5, 0.6) is 0 Å². The third kappa shape index (κ3) is 2.88. The number of aliphatic hydroxyl groups is 1. The number of benzene rings is 2. The predicted molar refractivity (Wildman–Crippen MR) is 81.3 cm³/mol. The molecule has 2 nitrogen and oxygen atoms in total. The van der Waals surface area contributed by atoms with E-state index in [2.05, 4.69) is 23.2 Å². The quantitative estimate of drug-likeness (QED) is 0.743. The van der Waals surface area contributed by atoms with Crippen LogP contribution in [0.25, 0.3) is 10.2 Å². The van der Waals surface area contributed by atoms with Gasteiger partial charge in [-0.3, -0.25) is 0 Å². The Balaban J connectivity index is 1.86. The van der Waals surface area contributed by atoms with Gasteiger partial charge in [0.05, 0.1) is 0 Å². The summed E-state index contributed by atoms with van der Waals surface area (Å²) in [5.41, 5.74) is 2.26. The fraction of sp³-hybridized carbons (Fsp3) is 0.133. The topological polar surface area (TPSA) is 33.1 Å². The monoisotopic (exact) mass is 335 g/mol. The first kappa shape index (κ1) is 12.8. The van der Waals surface area contributed by atoms with Crippen LogP contribution in [0.4, 0.5) is 0 Å². The molecule has 0 amide bonds. The normalized spacial score (nSPS) is 12.7. The molecule has 2 aromatic carbocycles. The average Bonchev–Trinajstić information content (AvgIpc) is 2.88. The maximum atomic E-state index is 9.61. The van der Waals surface area contributed by atoms with Crippen LogP contribution in [-0.4, -0.2) is 31.7 Å². The molecule has 0 saturated carbocycles. The van der Waals surface area contributed by atoms with E-state index in [0.717, 1.165) is 9.42 Å². The van der Waals surface area contributed by atoms with Crippen molar-refractivity contribution in [1.82, 2.24) is 4.98 Å². The molecule has 96 valence electrons. The molecule has 3 aromatic rings. The van der Waals surface area contributed by atoms with E-state index in [9.17, 15) is 5.11 Å². The fourth-order valence-electron chi connectivity index (χ4n) is 1.90. The second kappa shape index (κ2) is 5.85. The zero-order chi connectivity index (χ0) is 13.1. The Morgan fingerprint density at radius 2 is 1.79 bits per heavy atom. The average molecular weight is 334 g/mol. The van der Waals surface area contributed by atoms with Crippen molar-refractivity contribution in [2.45, 2.75) is 4.82 Å². The summed E-state index contributed by atoms with van der Waals surface area (Å²) in [6.45, 7) is 0.180. The van der Waals surface area contributed by atoms with Crippen LogP contribution in [0.2, 0.25) is 0 Å². The Labute approximate surface area is 122 Å². The molecular formula is C15H13NOSSe. The van der Waals surface area contributed by atoms with Crippen LogP contribution in [0.1, 0.15) is 10.4 Å². The van der Waals surface area contributed by atoms with Gasteiger partial charge in [-0.1, -0.05) is 0 Å². The molecule has 0 fully saturated rings. The number of nitrogens with zero attached hydrogens (tertiary/aromatic N) is 1. The van der Waals surface area contributed by atoms with Crippen molar-refractivity contribution >= 4 is 40.4 Å². The van der Waals surface area contributed by atoms with E-state index in [4.69, 9.17) is 0 Å². The SMILES string of the molecule is OCC([Se]c1nc2ccccc2s1)c1ccccc1. The van der Waals surface area contributed by atoms with Gasteiger partial charge in [-0.05, 0) is 0 Å². The molecule has 1 heterocycles. The molecule has 0 aliphatic rings. The minimum absolute atomic E-state index is 0.166. The predicted octanol–water partition coefficient (Wildman–Crippen LogP) is 2.36. The van der Waals surface area contributed by atoms with Gasteiger partial charge in [0, 0.05) is 0 Å². The van der Waals surface area contributed by atoms with Gasteiger partial charge in [-0.25, -0.2) is 0 Å². The van der Waals surface area contributed by atoms with E-state index in [1.54, 1.807) is 11.3 Å². The minimum atomic E-state index is 0.166. The van der Waals surface area contributed by atoms with Crippen molar-refractivity contribution in [3.05, 3.63) is 60.2 Å². The molecule has 1 unspecified atom stereocenters. The summed E-state index contributed by atoms with van der Waals surface area (Å²) in [6, 6.07) is 18.4. The Hall–Kier alpha value is -1.19. The summed E-state index contributed by atoms with van der Waals surface area (Å²) in [6.07, 6.45) is 0. The zero-order valence-corrected chi connectivity index (χ0v) is 12.7. The summed E-state index contributed by atoms with van der Waals surface area (Å²) in [5, 5.41) is 9.61. The van der Waals surface area contributed by atoms with Gasteiger partial charge in [-0.15, -0.1) is 0 Å². The van der Waals surface area contributed by atoms with Gasteiger partial charge in [-0.2, -0.15) is 0 Å². The Kier molecular flexibility index (Phi) is 3.95. The van der Waals surface area contributed by atoms with Crippen LogP contribution >= 0.6 is 11.3 Å². The fourth-order valence-corrected chi connectivity index (χ4v) is 5.72. The first-order chi connectivity index (χ1) is 9.36. The first-order valence-electron chi connectivity index (χ1n) is 6.05. The third-order valence-corrected chi connectivity index (χ3v) is 6.81. The molecule has 0 radical (unpaired) electrons. The molecule has 0 saturated heterocycles. The van der Waals surface area contributed by atoms with Gasteiger partial charge in [0.15, 0.2) is 0 Å². The van der Waals surface area contributed by atoms with Crippen molar-refractivity contribution < 1.29 is 5.11 Å². The van der Waals surface area contributed by atoms with E-state index < -0.39 is 0 Å². The molecule has 0 aliphatic carbocycles. The summed E-state index contributed by atoms with van der Waals surface area (Å²) in [4.78, 5) is 4.85. The van der Waals surface area contributed by atoms with Gasteiger partial charge in [0.25, 0.3) is 0 Å². The van der Waals surface area contributed by atoms with Gasteiger partial charge in [0.2, 0.25) is 0 Å². The van der Waals surface area contributed by atoms with Gasteiger partial charge < -0.3 is 0 Å². The summed E-state index contributed by atoms with van der Waals surface area (Å²) in [5.74, 6) is 0. The van der Waals surface area contributed by atoms with E-state index >= 15 is 0 Å². The number of para-hydroxylation sites is 1. The molecule has 0 spiro atoms. The number of thiazole rings is 1. The molecule has 3 rings (SSSR count). The molecule has 1 N–H and O–H groups in total. The molecule has 0 bridgehead atoms. The van der Waals surface area contributed by atoms with Crippen LogP contribution in [0.15, 0.2) is 54.6 Å². The summed E-state index contributed by atoms with van der Waals surface area (Å²) >= 11 is 1.91. The molecule has 4 heteroatoms. The van der Waals surface area contributed by atoms with Crippen molar-refractivity contribution in [1.29, 1.82) is 0 Å². The Morgan fingerprint density at radius 1 is 1.05 bits per heavy atom. The number of rotatable bonds is 4. The summed E-state index contributed by atoms with van der Waals surface area (Å²) < 4.78 is 2.38. The van der Waals surface area contributed by atoms with Crippen molar-refractivity contribution in [3.63, 3.8) is 0 Å².